The van der Waals surface area contributed by atoms with E-state index in [-0.39, 0.29) is 13.4 Å². The van der Waals surface area contributed by atoms with E-state index >= 15 is 0 Å². The van der Waals surface area contributed by atoms with Gasteiger partial charge in [-0.15, -0.1) is 0 Å². The number of nitrogens with zero attached hydrogens (tertiary/aromatic N) is 1. The molecule has 0 N–H and O–H groups in total. The monoisotopic (exact) mass is 627 g/mol. The first kappa shape index (κ1) is 32.6. The maximum absolute atomic E-state index is 2.64. The molecular weight excluding hydrogens is 576 g/mol. The molecule has 0 amide bonds. The van der Waals surface area contributed by atoms with Crippen molar-refractivity contribution in [3.05, 3.63) is 121 Å². The molecule has 242 valence electrons. The minimum atomic E-state index is 0.151. The Hall–Kier alpha value is -3.97. The van der Waals surface area contributed by atoms with E-state index < -0.39 is 0 Å². The van der Waals surface area contributed by atoms with E-state index in [1.54, 1.807) is 0 Å². The number of rotatable bonds is 3. The topological polar surface area (TPSA) is 3.24 Å². The fourth-order valence-corrected chi connectivity index (χ4v) is 9.21. The second-order valence-electron chi connectivity index (χ2n) is 15.6. The highest BCUT2D eigenvalue weighted by Crippen LogP contribution is 2.39. The lowest BCUT2D eigenvalue weighted by Gasteiger charge is -2.45. The lowest BCUT2D eigenvalue weighted by molar-refractivity contribution is 0.869. The van der Waals surface area contributed by atoms with Gasteiger partial charge in [-0.25, -0.2) is 0 Å². The van der Waals surface area contributed by atoms with Crippen molar-refractivity contribution in [1.82, 2.24) is 0 Å². The van der Waals surface area contributed by atoms with E-state index in [9.17, 15) is 0 Å². The van der Waals surface area contributed by atoms with E-state index in [1.807, 2.05) is 0 Å². The zero-order valence-electron chi connectivity index (χ0n) is 31.8. The molecule has 1 nitrogen and oxygen atoms in total. The lowest BCUT2D eigenvalue weighted by atomic mass is 9.29. The molecule has 0 spiro atoms. The Morgan fingerprint density at radius 3 is 1.08 bits per heavy atom. The Labute approximate surface area is 291 Å². The SMILES string of the molecule is Cc1ccc2c(c1)B(c1c(C)c(C)c(C)c(C)c1C)c1cc(C(C)C)cc3c1N2c1ccc(C)cc1B3c1c(C)c(C)c(C)c(C)c1C. The van der Waals surface area contributed by atoms with E-state index in [1.165, 1.54) is 122 Å². The van der Waals surface area contributed by atoms with Gasteiger partial charge in [0, 0.05) is 17.1 Å². The van der Waals surface area contributed by atoms with Gasteiger partial charge in [0.25, 0.3) is 0 Å². The van der Waals surface area contributed by atoms with Crippen LogP contribution in [0.5, 0.6) is 0 Å². The minimum Gasteiger partial charge on any atom is -0.313 e. The summed E-state index contributed by atoms with van der Waals surface area (Å²) in [4.78, 5) is 2.64. The number of hydrogen-bond donors (Lipinski definition) is 0. The maximum Gasteiger partial charge on any atom is 0.247 e. The molecule has 3 heteroatoms. The van der Waals surface area contributed by atoms with Crippen molar-refractivity contribution in [2.75, 3.05) is 4.90 Å². The largest absolute Gasteiger partial charge is 0.313 e. The Morgan fingerprint density at radius 1 is 0.417 bits per heavy atom. The highest BCUT2D eigenvalue weighted by atomic mass is 15.2. The number of fused-ring (bicyclic) bond motifs is 4. The molecule has 0 fully saturated rings. The molecule has 0 saturated carbocycles. The van der Waals surface area contributed by atoms with Crippen LogP contribution in [0.25, 0.3) is 0 Å². The molecule has 0 unspecified atom stereocenters. The van der Waals surface area contributed by atoms with Crippen molar-refractivity contribution in [3.63, 3.8) is 0 Å². The molecule has 0 atom stereocenters. The molecule has 0 saturated heterocycles. The van der Waals surface area contributed by atoms with Gasteiger partial charge in [-0.05, 0) is 162 Å². The van der Waals surface area contributed by atoms with Gasteiger partial charge in [0.05, 0.1) is 0 Å². The van der Waals surface area contributed by atoms with Crippen LogP contribution in [-0.4, -0.2) is 13.4 Å². The van der Waals surface area contributed by atoms with Crippen molar-refractivity contribution < 1.29 is 0 Å². The summed E-state index contributed by atoms with van der Waals surface area (Å²) in [6.07, 6.45) is 0. The minimum absolute atomic E-state index is 0.151. The van der Waals surface area contributed by atoms with Crippen LogP contribution in [0.3, 0.4) is 0 Å². The molecule has 2 aliphatic rings. The highest BCUT2D eigenvalue weighted by Gasteiger charge is 2.45. The third-order valence-corrected chi connectivity index (χ3v) is 12.9. The summed E-state index contributed by atoms with van der Waals surface area (Å²) in [6.45, 7) is 32.9. The van der Waals surface area contributed by atoms with Crippen LogP contribution in [0.1, 0.15) is 92.1 Å². The number of anilines is 3. The summed E-state index contributed by atoms with van der Waals surface area (Å²) >= 11 is 0. The summed E-state index contributed by atoms with van der Waals surface area (Å²) in [5.41, 5.74) is 31.1. The fourth-order valence-electron chi connectivity index (χ4n) is 9.21. The van der Waals surface area contributed by atoms with Crippen LogP contribution in [0.4, 0.5) is 17.1 Å². The second kappa shape index (κ2) is 11.3. The average Bonchev–Trinajstić information content (AvgIpc) is 3.06. The molecule has 2 heterocycles. The quantitative estimate of drug-likeness (QED) is 0.182. The Balaban J connectivity index is 1.69. The Morgan fingerprint density at radius 2 is 0.750 bits per heavy atom. The molecule has 0 aromatic heterocycles. The molecule has 5 aromatic carbocycles. The number of aryl methyl sites for hydroxylation is 2. The van der Waals surface area contributed by atoms with Gasteiger partial charge in [0.1, 0.15) is 0 Å². The van der Waals surface area contributed by atoms with E-state index in [0.717, 1.165) is 0 Å². The van der Waals surface area contributed by atoms with Gasteiger partial charge in [-0.2, -0.15) is 0 Å². The smallest absolute Gasteiger partial charge is 0.247 e. The second-order valence-corrected chi connectivity index (χ2v) is 15.6. The maximum atomic E-state index is 2.64. The van der Waals surface area contributed by atoms with Crippen LogP contribution in [-0.2, 0) is 0 Å². The molecule has 5 aromatic rings. The van der Waals surface area contributed by atoms with Gasteiger partial charge in [-0.1, -0.05) is 94.6 Å². The zero-order valence-corrected chi connectivity index (χ0v) is 31.8. The predicted molar refractivity (Wildman–Crippen MR) is 214 cm³/mol. The summed E-state index contributed by atoms with van der Waals surface area (Å²) in [7, 11) is 0. The third kappa shape index (κ3) is 4.45. The lowest BCUT2D eigenvalue weighted by Crippen LogP contribution is -2.66. The van der Waals surface area contributed by atoms with Gasteiger partial charge in [0.15, 0.2) is 0 Å². The molecule has 2 aliphatic heterocycles. The molecular formula is C45H51B2N. The molecule has 0 bridgehead atoms. The fraction of sp³-hybridized carbons (Fsp3) is 0.333. The Kier molecular flexibility index (Phi) is 7.67. The first-order valence-corrected chi connectivity index (χ1v) is 18.0. The van der Waals surface area contributed by atoms with Crippen molar-refractivity contribution in [2.45, 2.75) is 103 Å². The normalized spacial score (nSPS) is 13.3. The van der Waals surface area contributed by atoms with Crippen molar-refractivity contribution in [1.29, 1.82) is 0 Å². The average molecular weight is 628 g/mol. The van der Waals surface area contributed by atoms with Crippen molar-refractivity contribution >= 4 is 63.3 Å². The zero-order chi connectivity index (χ0) is 34.7. The first-order chi connectivity index (χ1) is 22.6. The highest BCUT2D eigenvalue weighted by molar-refractivity contribution is 7.02. The number of hydrogen-bond acceptors (Lipinski definition) is 1. The van der Waals surface area contributed by atoms with E-state index in [4.69, 9.17) is 0 Å². The van der Waals surface area contributed by atoms with Crippen LogP contribution in [0.2, 0.25) is 0 Å². The summed E-state index contributed by atoms with van der Waals surface area (Å²) < 4.78 is 0. The standard InChI is InChI=1S/C45H51B2N/c1-23(2)36-21-39-45-40(22-36)47(44-34(13)30(9)27(6)31(10)35(44)14)38-20-25(4)16-18-42(38)48(45)41-17-15-24(3)19-37(41)46(39)43-32(11)28(7)26(5)29(8)33(43)12/h15-23H,1-14H3. The van der Waals surface area contributed by atoms with Crippen LogP contribution in [0, 0.1) is 83.1 Å². The summed E-state index contributed by atoms with van der Waals surface area (Å²) in [5.74, 6) is 0.409. The van der Waals surface area contributed by atoms with Gasteiger partial charge < -0.3 is 4.90 Å². The van der Waals surface area contributed by atoms with Crippen LogP contribution < -0.4 is 37.7 Å². The third-order valence-electron chi connectivity index (χ3n) is 12.9. The van der Waals surface area contributed by atoms with Crippen molar-refractivity contribution in [2.24, 2.45) is 0 Å². The van der Waals surface area contributed by atoms with Gasteiger partial charge >= 0.3 is 0 Å². The molecule has 48 heavy (non-hydrogen) atoms. The summed E-state index contributed by atoms with van der Waals surface area (Å²) in [6, 6.07) is 19.6. The summed E-state index contributed by atoms with van der Waals surface area (Å²) in [5, 5.41) is 0. The number of benzene rings is 5. The molecule has 7 rings (SSSR count). The predicted octanol–water partition coefficient (Wildman–Crippen LogP) is 7.64. The van der Waals surface area contributed by atoms with Gasteiger partial charge in [-0.3, -0.25) is 0 Å². The van der Waals surface area contributed by atoms with E-state index in [2.05, 4.69) is 150 Å². The van der Waals surface area contributed by atoms with Crippen molar-refractivity contribution in [3.8, 4) is 0 Å². The van der Waals surface area contributed by atoms with Crippen LogP contribution >= 0.6 is 0 Å². The first-order valence-electron chi connectivity index (χ1n) is 18.0. The molecule has 0 radical (unpaired) electrons. The van der Waals surface area contributed by atoms with E-state index in [0.29, 0.717) is 5.92 Å². The van der Waals surface area contributed by atoms with Crippen LogP contribution in [0.15, 0.2) is 48.5 Å². The van der Waals surface area contributed by atoms with Gasteiger partial charge in [0.2, 0.25) is 13.4 Å². The Bertz CT molecular complexity index is 1990. The molecule has 0 aliphatic carbocycles.